The van der Waals surface area contributed by atoms with Crippen LogP contribution in [-0.4, -0.2) is 18.1 Å². The number of rotatable bonds is 5. The maximum absolute atomic E-state index is 12.2. The van der Waals surface area contributed by atoms with Crippen LogP contribution in [0.1, 0.15) is 31.8 Å². The van der Waals surface area contributed by atoms with Gasteiger partial charge < -0.3 is 4.74 Å². The summed E-state index contributed by atoms with van der Waals surface area (Å²) in [6, 6.07) is 18.4. The Kier molecular flexibility index (Phi) is 6.65. The maximum Gasteiger partial charge on any atom is 0.345 e. The number of hydrazone groups is 1. The highest BCUT2D eigenvalue weighted by molar-refractivity contribution is 6.36. The molecule has 29 heavy (non-hydrogen) atoms. The van der Waals surface area contributed by atoms with Gasteiger partial charge in [0.1, 0.15) is 5.75 Å². The lowest BCUT2D eigenvalue weighted by atomic mass is 10.1. The molecule has 0 heterocycles. The third kappa shape index (κ3) is 5.67. The number of carbonyl (C=O) groups excluding carboxylic acids is 2. The number of benzene rings is 3. The lowest BCUT2D eigenvalue weighted by Crippen LogP contribution is -2.17. The lowest BCUT2D eigenvalue weighted by Gasteiger charge is -2.06. The molecule has 0 unspecified atom stereocenters. The molecule has 0 fully saturated rings. The number of amides is 1. The van der Waals surface area contributed by atoms with Crippen LogP contribution < -0.4 is 10.2 Å². The van der Waals surface area contributed by atoms with Crippen molar-refractivity contribution in [1.29, 1.82) is 0 Å². The monoisotopic (exact) mass is 426 g/mol. The van der Waals surface area contributed by atoms with Crippen molar-refractivity contribution in [3.8, 4) is 5.75 Å². The fourth-order valence-electron chi connectivity index (χ4n) is 2.37. The molecule has 0 aromatic heterocycles. The Balaban J connectivity index is 1.58. The summed E-state index contributed by atoms with van der Waals surface area (Å²) in [7, 11) is 0. The molecular formula is C22H16Cl2N2O3. The van der Waals surface area contributed by atoms with Crippen molar-refractivity contribution in [3.05, 3.63) is 99.0 Å². The average Bonchev–Trinajstić information content (AvgIpc) is 2.69. The molecule has 5 nitrogen and oxygen atoms in total. The van der Waals surface area contributed by atoms with Crippen LogP contribution >= 0.6 is 23.2 Å². The van der Waals surface area contributed by atoms with Gasteiger partial charge in [0.25, 0.3) is 5.91 Å². The Morgan fingerprint density at radius 1 is 0.966 bits per heavy atom. The van der Waals surface area contributed by atoms with Crippen molar-refractivity contribution in [1.82, 2.24) is 5.43 Å². The molecule has 0 saturated heterocycles. The fourth-order valence-corrected chi connectivity index (χ4v) is 2.86. The van der Waals surface area contributed by atoms with Crippen LogP contribution in [0.4, 0.5) is 0 Å². The minimum Gasteiger partial charge on any atom is -0.423 e. The number of halogens is 2. The first-order valence-corrected chi connectivity index (χ1v) is 9.35. The van der Waals surface area contributed by atoms with Crippen LogP contribution in [-0.2, 0) is 0 Å². The minimum atomic E-state index is -0.585. The molecule has 7 heteroatoms. The largest absolute Gasteiger partial charge is 0.423 e. The van der Waals surface area contributed by atoms with E-state index in [-0.39, 0.29) is 16.5 Å². The number of carbonyl (C=O) groups is 2. The van der Waals surface area contributed by atoms with Crippen LogP contribution in [0.25, 0.3) is 0 Å². The van der Waals surface area contributed by atoms with Crippen molar-refractivity contribution in [2.45, 2.75) is 6.92 Å². The first-order chi connectivity index (χ1) is 13.9. The fraction of sp³-hybridized carbons (Fsp3) is 0.0455. The lowest BCUT2D eigenvalue weighted by molar-refractivity contribution is 0.0734. The second kappa shape index (κ2) is 9.37. The number of nitrogens with one attached hydrogen (secondary N) is 1. The quantitative estimate of drug-likeness (QED) is 0.261. The molecule has 3 aromatic carbocycles. The second-order valence-electron chi connectivity index (χ2n) is 6.15. The standard InChI is InChI=1S/C22H16Cl2N2O3/c1-14-2-6-16(7-3-14)21(27)26-25-13-15-4-9-18(10-5-15)29-22(28)19-11-8-17(23)12-20(19)24/h2-13H,1H3,(H,26,27)/b25-13+. The summed E-state index contributed by atoms with van der Waals surface area (Å²) in [5.41, 5.74) is 5.01. The first-order valence-electron chi connectivity index (χ1n) is 8.60. The first kappa shape index (κ1) is 20.6. The Hall–Kier alpha value is -3.15. The van der Waals surface area contributed by atoms with Gasteiger partial charge in [-0.25, -0.2) is 10.2 Å². The SMILES string of the molecule is Cc1ccc(C(=O)N/N=C/c2ccc(OC(=O)c3ccc(Cl)cc3Cl)cc2)cc1. The van der Waals surface area contributed by atoms with Crippen molar-refractivity contribution in [2.75, 3.05) is 0 Å². The van der Waals surface area contributed by atoms with E-state index in [1.165, 1.54) is 18.3 Å². The summed E-state index contributed by atoms with van der Waals surface area (Å²) in [5.74, 6) is -0.535. The summed E-state index contributed by atoms with van der Waals surface area (Å²) < 4.78 is 5.31. The van der Waals surface area contributed by atoms with Crippen LogP contribution in [0.3, 0.4) is 0 Å². The van der Waals surface area contributed by atoms with Crippen LogP contribution in [0, 0.1) is 6.92 Å². The zero-order valence-corrected chi connectivity index (χ0v) is 16.9. The molecule has 0 aliphatic heterocycles. The average molecular weight is 427 g/mol. The summed E-state index contributed by atoms with van der Waals surface area (Å²) >= 11 is 11.8. The number of hydrogen-bond donors (Lipinski definition) is 1. The number of hydrogen-bond acceptors (Lipinski definition) is 4. The molecule has 146 valence electrons. The summed E-state index contributed by atoms with van der Waals surface area (Å²) in [6.45, 7) is 1.95. The van der Waals surface area contributed by atoms with E-state index in [1.807, 2.05) is 19.1 Å². The molecule has 0 aliphatic rings. The molecule has 1 amide bonds. The number of ether oxygens (including phenoxy) is 1. The van der Waals surface area contributed by atoms with Gasteiger partial charge in [0.05, 0.1) is 16.8 Å². The molecule has 0 aliphatic carbocycles. The molecule has 3 aromatic rings. The zero-order chi connectivity index (χ0) is 20.8. The van der Waals surface area contributed by atoms with Crippen molar-refractivity contribution in [3.63, 3.8) is 0 Å². The van der Waals surface area contributed by atoms with Gasteiger partial charge in [-0.15, -0.1) is 0 Å². The van der Waals surface area contributed by atoms with Crippen molar-refractivity contribution < 1.29 is 14.3 Å². The van der Waals surface area contributed by atoms with E-state index in [2.05, 4.69) is 10.5 Å². The predicted octanol–water partition coefficient (Wildman–Crippen LogP) is 5.28. The van der Waals surface area contributed by atoms with E-state index in [9.17, 15) is 9.59 Å². The van der Waals surface area contributed by atoms with Gasteiger partial charge in [0.15, 0.2) is 0 Å². The van der Waals surface area contributed by atoms with E-state index >= 15 is 0 Å². The molecule has 0 spiro atoms. The molecule has 0 atom stereocenters. The zero-order valence-electron chi connectivity index (χ0n) is 15.4. The third-order valence-electron chi connectivity index (χ3n) is 3.94. The maximum atomic E-state index is 12.2. The van der Waals surface area contributed by atoms with E-state index < -0.39 is 5.97 Å². The Morgan fingerprint density at radius 3 is 2.31 bits per heavy atom. The van der Waals surface area contributed by atoms with E-state index in [0.29, 0.717) is 16.3 Å². The van der Waals surface area contributed by atoms with Gasteiger partial charge >= 0.3 is 5.97 Å². The van der Waals surface area contributed by atoms with Crippen LogP contribution in [0.15, 0.2) is 71.8 Å². The van der Waals surface area contributed by atoms with Crippen LogP contribution in [0.2, 0.25) is 10.0 Å². The molecular weight excluding hydrogens is 411 g/mol. The van der Waals surface area contributed by atoms with E-state index in [1.54, 1.807) is 42.5 Å². The summed E-state index contributed by atoms with van der Waals surface area (Å²) in [6.07, 6.45) is 1.49. The van der Waals surface area contributed by atoms with Gasteiger partial charge in [-0.1, -0.05) is 40.9 Å². The van der Waals surface area contributed by atoms with E-state index in [4.69, 9.17) is 27.9 Å². The normalized spacial score (nSPS) is 10.7. The number of esters is 1. The van der Waals surface area contributed by atoms with Gasteiger partial charge in [0.2, 0.25) is 0 Å². The highest BCUT2D eigenvalue weighted by atomic mass is 35.5. The third-order valence-corrected chi connectivity index (χ3v) is 4.48. The van der Waals surface area contributed by atoms with E-state index in [0.717, 1.165) is 11.1 Å². The molecule has 1 N–H and O–H groups in total. The van der Waals surface area contributed by atoms with Crippen molar-refractivity contribution >= 4 is 41.3 Å². The molecule has 3 rings (SSSR count). The Bertz CT molecular complexity index is 1060. The topological polar surface area (TPSA) is 67.8 Å². The van der Waals surface area contributed by atoms with Gasteiger partial charge in [0, 0.05) is 10.6 Å². The smallest absolute Gasteiger partial charge is 0.345 e. The van der Waals surface area contributed by atoms with Crippen molar-refractivity contribution in [2.24, 2.45) is 5.10 Å². The second-order valence-corrected chi connectivity index (χ2v) is 6.99. The Morgan fingerprint density at radius 2 is 1.66 bits per heavy atom. The van der Waals surface area contributed by atoms with Gasteiger partial charge in [-0.05, 0) is 67.1 Å². The summed E-state index contributed by atoms with van der Waals surface area (Å²) in [5, 5.41) is 4.59. The minimum absolute atomic E-state index is 0.218. The molecule has 0 bridgehead atoms. The highest BCUT2D eigenvalue weighted by Crippen LogP contribution is 2.23. The van der Waals surface area contributed by atoms with Gasteiger partial charge in [-0.2, -0.15) is 5.10 Å². The van der Waals surface area contributed by atoms with Gasteiger partial charge in [-0.3, -0.25) is 4.79 Å². The Labute approximate surface area is 177 Å². The predicted molar refractivity (Wildman–Crippen MR) is 114 cm³/mol. The van der Waals surface area contributed by atoms with Crippen LogP contribution in [0.5, 0.6) is 5.75 Å². The number of nitrogens with zero attached hydrogens (tertiary/aromatic N) is 1. The number of aryl methyl sites for hydroxylation is 1. The summed E-state index contributed by atoms with van der Waals surface area (Å²) in [4.78, 5) is 24.2. The molecule has 0 radical (unpaired) electrons. The molecule has 0 saturated carbocycles. The highest BCUT2D eigenvalue weighted by Gasteiger charge is 2.13.